The van der Waals surface area contributed by atoms with Gasteiger partial charge in [0.15, 0.2) is 0 Å². The van der Waals surface area contributed by atoms with Crippen molar-refractivity contribution in [2.75, 3.05) is 19.7 Å². The molecule has 1 atom stereocenters. The summed E-state index contributed by atoms with van der Waals surface area (Å²) in [4.78, 5) is 14.2. The fourth-order valence-electron chi connectivity index (χ4n) is 2.59. The minimum Gasteiger partial charge on any atom is -0.492 e. The zero-order valence-corrected chi connectivity index (χ0v) is 12.7. The van der Waals surface area contributed by atoms with Crippen LogP contribution in [0, 0.1) is 11.7 Å². The van der Waals surface area contributed by atoms with Gasteiger partial charge in [-0.05, 0) is 51.0 Å². The lowest BCUT2D eigenvalue weighted by atomic mass is 9.95. The Bertz CT molecular complexity index is 525. The van der Waals surface area contributed by atoms with E-state index < -0.39 is 5.60 Å². The lowest BCUT2D eigenvalue weighted by Gasteiger charge is -2.33. The van der Waals surface area contributed by atoms with Crippen LogP contribution in [0.25, 0.3) is 0 Å². The number of hydrogen-bond donors (Lipinski definition) is 1. The van der Waals surface area contributed by atoms with Crippen LogP contribution in [0.4, 0.5) is 4.39 Å². The number of benzene rings is 1. The third kappa shape index (κ3) is 3.94. The molecule has 21 heavy (non-hydrogen) atoms. The zero-order valence-electron chi connectivity index (χ0n) is 12.7. The van der Waals surface area contributed by atoms with Crippen molar-refractivity contribution in [2.24, 2.45) is 5.92 Å². The summed E-state index contributed by atoms with van der Waals surface area (Å²) in [5, 5.41) is 9.89. The number of amides is 1. The van der Waals surface area contributed by atoms with Gasteiger partial charge in [-0.2, -0.15) is 0 Å². The molecule has 1 amide bonds. The Balaban J connectivity index is 2.10. The Hall–Kier alpha value is -1.62. The smallest absolute Gasteiger partial charge is 0.229 e. The van der Waals surface area contributed by atoms with Crippen LogP contribution in [-0.2, 0) is 11.2 Å². The molecule has 116 valence electrons. The number of rotatable bonds is 4. The number of fused-ring (bicyclic) bond motifs is 1. The zero-order chi connectivity index (χ0) is 15.6. The van der Waals surface area contributed by atoms with Gasteiger partial charge in [0.1, 0.15) is 18.2 Å². The van der Waals surface area contributed by atoms with E-state index in [2.05, 4.69) is 0 Å². The van der Waals surface area contributed by atoms with E-state index >= 15 is 0 Å². The summed E-state index contributed by atoms with van der Waals surface area (Å²) >= 11 is 0. The molecule has 1 aliphatic heterocycles. The van der Waals surface area contributed by atoms with E-state index in [1.165, 1.54) is 12.1 Å². The molecule has 1 aliphatic rings. The fraction of sp³-hybridized carbons (Fsp3) is 0.562. The Labute approximate surface area is 124 Å². The van der Waals surface area contributed by atoms with Crippen molar-refractivity contribution < 1.29 is 19.0 Å². The highest BCUT2D eigenvalue weighted by Crippen LogP contribution is 2.29. The fourth-order valence-corrected chi connectivity index (χ4v) is 2.59. The largest absolute Gasteiger partial charge is 0.492 e. The molecule has 1 unspecified atom stereocenters. The highest BCUT2D eigenvalue weighted by atomic mass is 19.1. The van der Waals surface area contributed by atoms with Gasteiger partial charge in [-0.25, -0.2) is 4.39 Å². The number of hydrogen-bond acceptors (Lipinski definition) is 3. The first-order valence-corrected chi connectivity index (χ1v) is 7.22. The van der Waals surface area contributed by atoms with E-state index in [1.807, 2.05) is 6.92 Å². The van der Waals surface area contributed by atoms with Crippen LogP contribution >= 0.6 is 0 Å². The molecule has 0 fully saturated rings. The van der Waals surface area contributed by atoms with Crippen molar-refractivity contribution in [2.45, 2.75) is 32.8 Å². The topological polar surface area (TPSA) is 49.8 Å². The Morgan fingerprint density at radius 2 is 2.24 bits per heavy atom. The standard InChI is InChI=1S/C16H22FNO3/c1-4-18(10-16(2,3)20)15(19)12-7-11-8-13(17)5-6-14(11)21-9-12/h5-6,8,12,20H,4,7,9-10H2,1-3H3. The highest BCUT2D eigenvalue weighted by Gasteiger charge is 2.31. The normalized spacial score (nSPS) is 17.9. The second kappa shape index (κ2) is 6.02. The molecule has 0 bridgehead atoms. The van der Waals surface area contributed by atoms with E-state index in [-0.39, 0.29) is 24.2 Å². The molecule has 0 aliphatic carbocycles. The Morgan fingerprint density at radius 3 is 2.86 bits per heavy atom. The van der Waals surface area contributed by atoms with Crippen LogP contribution in [0.3, 0.4) is 0 Å². The summed E-state index contributed by atoms with van der Waals surface area (Å²) < 4.78 is 18.8. The van der Waals surface area contributed by atoms with E-state index in [9.17, 15) is 14.3 Å². The monoisotopic (exact) mass is 295 g/mol. The Morgan fingerprint density at radius 1 is 1.52 bits per heavy atom. The number of aliphatic hydroxyl groups is 1. The van der Waals surface area contributed by atoms with Crippen LogP contribution in [0.1, 0.15) is 26.3 Å². The van der Waals surface area contributed by atoms with E-state index in [1.54, 1.807) is 24.8 Å². The van der Waals surface area contributed by atoms with Gasteiger partial charge in [-0.15, -0.1) is 0 Å². The number of ether oxygens (including phenoxy) is 1. The van der Waals surface area contributed by atoms with Gasteiger partial charge >= 0.3 is 0 Å². The predicted molar refractivity (Wildman–Crippen MR) is 77.6 cm³/mol. The summed E-state index contributed by atoms with van der Waals surface area (Å²) in [6.07, 6.45) is 0.467. The summed E-state index contributed by atoms with van der Waals surface area (Å²) in [5.41, 5.74) is -0.218. The number of carbonyl (C=O) groups is 1. The summed E-state index contributed by atoms with van der Waals surface area (Å²) in [6, 6.07) is 4.37. The molecule has 0 aromatic heterocycles. The molecule has 1 N–H and O–H groups in total. The van der Waals surface area contributed by atoms with Crippen molar-refractivity contribution >= 4 is 5.91 Å². The van der Waals surface area contributed by atoms with Crippen LogP contribution in [0.15, 0.2) is 18.2 Å². The molecule has 1 aromatic rings. The number of carbonyl (C=O) groups excluding carboxylic acids is 1. The third-order valence-electron chi connectivity index (χ3n) is 3.55. The van der Waals surface area contributed by atoms with E-state index in [0.717, 1.165) is 5.56 Å². The molecular weight excluding hydrogens is 273 g/mol. The van der Waals surface area contributed by atoms with Gasteiger partial charge in [0, 0.05) is 13.1 Å². The molecule has 0 saturated heterocycles. The summed E-state index contributed by atoms with van der Waals surface area (Å²) in [6.45, 7) is 6.31. The molecule has 4 nitrogen and oxygen atoms in total. The second-order valence-corrected chi connectivity index (χ2v) is 6.13. The quantitative estimate of drug-likeness (QED) is 0.924. The van der Waals surface area contributed by atoms with E-state index in [0.29, 0.717) is 25.3 Å². The third-order valence-corrected chi connectivity index (χ3v) is 3.55. The van der Waals surface area contributed by atoms with Gasteiger partial charge in [0.05, 0.1) is 11.5 Å². The lowest BCUT2D eigenvalue weighted by molar-refractivity contribution is -0.139. The predicted octanol–water partition coefficient (Wildman–Crippen LogP) is 2.00. The van der Waals surface area contributed by atoms with Gasteiger partial charge in [0.25, 0.3) is 0 Å². The lowest BCUT2D eigenvalue weighted by Crippen LogP contribution is -2.46. The van der Waals surface area contributed by atoms with Crippen molar-refractivity contribution in [1.29, 1.82) is 0 Å². The molecule has 0 spiro atoms. The van der Waals surface area contributed by atoms with Gasteiger partial charge in [-0.3, -0.25) is 4.79 Å². The van der Waals surface area contributed by atoms with Crippen molar-refractivity contribution in [1.82, 2.24) is 4.90 Å². The minimum absolute atomic E-state index is 0.0606. The van der Waals surface area contributed by atoms with Crippen molar-refractivity contribution in [3.63, 3.8) is 0 Å². The molecular formula is C16H22FNO3. The first-order chi connectivity index (χ1) is 9.80. The number of likely N-dealkylation sites (N-methyl/N-ethyl adjacent to an activating group) is 1. The average Bonchev–Trinajstić information content (AvgIpc) is 2.42. The van der Waals surface area contributed by atoms with E-state index in [4.69, 9.17) is 4.74 Å². The maximum Gasteiger partial charge on any atom is 0.229 e. The van der Waals surface area contributed by atoms with Crippen LogP contribution in [-0.4, -0.2) is 41.2 Å². The molecule has 1 aromatic carbocycles. The first kappa shape index (κ1) is 15.8. The van der Waals surface area contributed by atoms with Crippen LogP contribution in [0.2, 0.25) is 0 Å². The van der Waals surface area contributed by atoms with Gasteiger partial charge in [0.2, 0.25) is 5.91 Å². The number of nitrogens with zero attached hydrogens (tertiary/aromatic N) is 1. The number of halogens is 1. The van der Waals surface area contributed by atoms with Crippen LogP contribution < -0.4 is 4.74 Å². The molecule has 5 heteroatoms. The SMILES string of the molecule is CCN(CC(C)(C)O)C(=O)C1COc2ccc(F)cc2C1. The Kier molecular flexibility index (Phi) is 4.52. The van der Waals surface area contributed by atoms with Gasteiger partial charge in [-0.1, -0.05) is 0 Å². The first-order valence-electron chi connectivity index (χ1n) is 7.22. The maximum atomic E-state index is 13.3. The van der Waals surface area contributed by atoms with Crippen molar-refractivity contribution in [3.05, 3.63) is 29.6 Å². The molecule has 0 saturated carbocycles. The van der Waals surface area contributed by atoms with Crippen molar-refractivity contribution in [3.8, 4) is 5.75 Å². The summed E-state index contributed by atoms with van der Waals surface area (Å²) in [5.74, 6) is -0.0728. The second-order valence-electron chi connectivity index (χ2n) is 6.13. The molecule has 2 rings (SSSR count). The van der Waals surface area contributed by atoms with Gasteiger partial charge < -0.3 is 14.7 Å². The summed E-state index contributed by atoms with van der Waals surface area (Å²) in [7, 11) is 0. The molecule has 1 heterocycles. The highest BCUT2D eigenvalue weighted by molar-refractivity contribution is 5.79. The average molecular weight is 295 g/mol. The van der Waals surface area contributed by atoms with Crippen LogP contribution in [0.5, 0.6) is 5.75 Å². The maximum absolute atomic E-state index is 13.3. The minimum atomic E-state index is -0.939. The molecule has 0 radical (unpaired) electrons.